The highest BCUT2D eigenvalue weighted by molar-refractivity contribution is 6.32. The minimum absolute atomic E-state index is 0.0199. The number of alkyl halides is 3. The van der Waals surface area contributed by atoms with Gasteiger partial charge in [-0.3, -0.25) is 9.48 Å². The number of esters is 1. The van der Waals surface area contributed by atoms with Crippen molar-refractivity contribution in [3.05, 3.63) is 40.7 Å². The standard InChI is InChI=1S/C17H15ClF3N3O4/c1-3-27-16(26)11-7-22-24-9(2)8-23(15(25)14(11)24)10-4-5-13(12(18)6-10)28-17(19,20)21/h4-7,9H,3,8H2,1-2H3/t9-/m0/s1. The summed E-state index contributed by atoms with van der Waals surface area (Å²) in [7, 11) is 0. The van der Waals surface area contributed by atoms with Crippen molar-refractivity contribution in [3.8, 4) is 5.75 Å². The Morgan fingerprint density at radius 2 is 2.11 bits per heavy atom. The van der Waals surface area contributed by atoms with Crippen LogP contribution in [0, 0.1) is 0 Å². The van der Waals surface area contributed by atoms with Crippen LogP contribution in [0.1, 0.15) is 40.7 Å². The van der Waals surface area contributed by atoms with Gasteiger partial charge in [-0.25, -0.2) is 4.79 Å². The van der Waals surface area contributed by atoms with Gasteiger partial charge < -0.3 is 14.4 Å². The van der Waals surface area contributed by atoms with Crippen LogP contribution in [0.2, 0.25) is 5.02 Å². The zero-order valence-corrected chi connectivity index (χ0v) is 15.5. The van der Waals surface area contributed by atoms with Gasteiger partial charge in [0.25, 0.3) is 5.91 Å². The Kier molecular flexibility index (Phi) is 5.24. The maximum atomic E-state index is 13.0. The van der Waals surface area contributed by atoms with Crippen molar-refractivity contribution in [1.82, 2.24) is 9.78 Å². The number of fused-ring (bicyclic) bond motifs is 1. The van der Waals surface area contributed by atoms with E-state index in [-0.39, 0.29) is 41.2 Å². The van der Waals surface area contributed by atoms with E-state index in [1.54, 1.807) is 13.8 Å². The molecule has 1 aliphatic rings. The molecule has 0 saturated carbocycles. The third-order valence-electron chi connectivity index (χ3n) is 4.06. The number of hydrogen-bond acceptors (Lipinski definition) is 5. The van der Waals surface area contributed by atoms with Gasteiger partial charge in [-0.05, 0) is 32.0 Å². The highest BCUT2D eigenvalue weighted by Gasteiger charge is 2.36. The summed E-state index contributed by atoms with van der Waals surface area (Å²) in [5.41, 5.74) is 0.328. The number of rotatable bonds is 4. The molecule has 1 aromatic carbocycles. The second-order valence-electron chi connectivity index (χ2n) is 6.00. The smallest absolute Gasteiger partial charge is 0.462 e. The van der Waals surface area contributed by atoms with Gasteiger partial charge in [-0.2, -0.15) is 5.10 Å². The quantitative estimate of drug-likeness (QED) is 0.707. The lowest BCUT2D eigenvalue weighted by Gasteiger charge is -2.32. The lowest BCUT2D eigenvalue weighted by molar-refractivity contribution is -0.274. The average molecular weight is 418 g/mol. The topological polar surface area (TPSA) is 73.7 Å². The number of hydrogen-bond donors (Lipinski definition) is 0. The largest absolute Gasteiger partial charge is 0.573 e. The predicted octanol–water partition coefficient (Wildman–Crippen LogP) is 3.83. The van der Waals surface area contributed by atoms with Gasteiger partial charge in [0.05, 0.1) is 23.9 Å². The van der Waals surface area contributed by atoms with Crippen molar-refractivity contribution in [3.63, 3.8) is 0 Å². The minimum Gasteiger partial charge on any atom is -0.462 e. The van der Waals surface area contributed by atoms with E-state index in [0.717, 1.165) is 6.07 Å². The summed E-state index contributed by atoms with van der Waals surface area (Å²) >= 11 is 5.89. The van der Waals surface area contributed by atoms with Crippen LogP contribution < -0.4 is 9.64 Å². The van der Waals surface area contributed by atoms with Gasteiger partial charge >= 0.3 is 12.3 Å². The molecule has 1 aromatic heterocycles. The third kappa shape index (κ3) is 3.77. The molecular formula is C17H15ClF3N3O4. The monoisotopic (exact) mass is 417 g/mol. The van der Waals surface area contributed by atoms with Crippen molar-refractivity contribution >= 4 is 29.2 Å². The van der Waals surface area contributed by atoms with Gasteiger partial charge in [-0.1, -0.05) is 11.6 Å². The SMILES string of the molecule is CCOC(=O)c1cnn2c1C(=O)N(c1ccc(OC(F)(F)F)c(Cl)c1)C[C@@H]2C. The Hall–Kier alpha value is -2.75. The van der Waals surface area contributed by atoms with Crippen LogP contribution in [0.25, 0.3) is 0 Å². The van der Waals surface area contributed by atoms with Gasteiger partial charge in [0.2, 0.25) is 0 Å². The summed E-state index contributed by atoms with van der Waals surface area (Å²) < 4.78 is 47.4. The van der Waals surface area contributed by atoms with Crippen LogP contribution >= 0.6 is 11.6 Å². The van der Waals surface area contributed by atoms with Crippen molar-refractivity contribution in [2.45, 2.75) is 26.3 Å². The fourth-order valence-electron chi connectivity index (χ4n) is 2.91. The lowest BCUT2D eigenvalue weighted by atomic mass is 10.1. The Morgan fingerprint density at radius 3 is 2.71 bits per heavy atom. The van der Waals surface area contributed by atoms with Crippen molar-refractivity contribution < 1.29 is 32.2 Å². The molecule has 0 saturated heterocycles. The number of aromatic nitrogens is 2. The van der Waals surface area contributed by atoms with Crippen LogP contribution in [-0.4, -0.2) is 41.2 Å². The van der Waals surface area contributed by atoms with E-state index in [9.17, 15) is 22.8 Å². The first-order valence-corrected chi connectivity index (χ1v) is 8.62. The summed E-state index contributed by atoms with van der Waals surface area (Å²) in [5, 5.41) is 3.78. The van der Waals surface area contributed by atoms with Gasteiger partial charge in [-0.15, -0.1) is 13.2 Å². The molecular weight excluding hydrogens is 403 g/mol. The summed E-state index contributed by atoms with van der Waals surface area (Å²) in [6.45, 7) is 3.74. The molecule has 1 atom stereocenters. The van der Waals surface area contributed by atoms with E-state index in [0.29, 0.717) is 0 Å². The van der Waals surface area contributed by atoms with Crippen molar-refractivity contribution in [2.24, 2.45) is 0 Å². The Morgan fingerprint density at radius 1 is 1.39 bits per heavy atom. The molecule has 0 aliphatic carbocycles. The fourth-order valence-corrected chi connectivity index (χ4v) is 3.12. The summed E-state index contributed by atoms with van der Waals surface area (Å²) in [4.78, 5) is 26.4. The molecule has 0 N–H and O–H groups in total. The van der Waals surface area contributed by atoms with Gasteiger partial charge in [0, 0.05) is 12.2 Å². The zero-order valence-electron chi connectivity index (χ0n) is 14.8. The molecule has 28 heavy (non-hydrogen) atoms. The van der Waals surface area contributed by atoms with Gasteiger partial charge in [0.15, 0.2) is 0 Å². The highest BCUT2D eigenvalue weighted by Crippen LogP contribution is 2.35. The molecule has 0 unspecified atom stereocenters. The van der Waals surface area contributed by atoms with E-state index >= 15 is 0 Å². The van der Waals surface area contributed by atoms with Crippen LogP contribution in [-0.2, 0) is 4.74 Å². The van der Waals surface area contributed by atoms with E-state index in [4.69, 9.17) is 16.3 Å². The summed E-state index contributed by atoms with van der Waals surface area (Å²) in [5.74, 6) is -1.80. The van der Waals surface area contributed by atoms with E-state index in [1.807, 2.05) is 0 Å². The second kappa shape index (κ2) is 7.34. The first-order valence-electron chi connectivity index (χ1n) is 8.24. The first kappa shape index (κ1) is 20.0. The molecule has 2 heterocycles. The van der Waals surface area contributed by atoms with Crippen molar-refractivity contribution in [2.75, 3.05) is 18.1 Å². The number of ether oxygens (including phenoxy) is 2. The molecule has 0 spiro atoms. The number of anilines is 1. The van der Waals surface area contributed by atoms with E-state index < -0.39 is 24.0 Å². The average Bonchev–Trinajstić information content (AvgIpc) is 3.05. The molecule has 0 radical (unpaired) electrons. The fraction of sp³-hybridized carbons (Fsp3) is 0.353. The maximum Gasteiger partial charge on any atom is 0.573 e. The summed E-state index contributed by atoms with van der Waals surface area (Å²) in [6, 6.07) is 3.22. The van der Waals surface area contributed by atoms with Crippen LogP contribution in [0.15, 0.2) is 24.4 Å². The van der Waals surface area contributed by atoms with Crippen LogP contribution in [0.5, 0.6) is 5.75 Å². The number of benzene rings is 1. The van der Waals surface area contributed by atoms with E-state index in [1.165, 1.54) is 27.9 Å². The number of nitrogens with zero attached hydrogens (tertiary/aromatic N) is 3. The highest BCUT2D eigenvalue weighted by atomic mass is 35.5. The zero-order chi connectivity index (χ0) is 20.6. The molecule has 0 bridgehead atoms. The minimum atomic E-state index is -4.89. The third-order valence-corrected chi connectivity index (χ3v) is 4.35. The molecule has 2 aromatic rings. The number of carbonyl (C=O) groups excluding carboxylic acids is 2. The number of halogens is 4. The number of carbonyl (C=O) groups is 2. The van der Waals surface area contributed by atoms with Crippen LogP contribution in [0.4, 0.5) is 18.9 Å². The number of amides is 1. The Balaban J connectivity index is 1.95. The normalized spacial score (nSPS) is 16.7. The molecule has 7 nitrogen and oxygen atoms in total. The first-order chi connectivity index (χ1) is 13.1. The van der Waals surface area contributed by atoms with Gasteiger partial charge in [0.1, 0.15) is 17.0 Å². The molecule has 3 rings (SSSR count). The Bertz CT molecular complexity index is 929. The van der Waals surface area contributed by atoms with Crippen LogP contribution in [0.3, 0.4) is 0 Å². The molecule has 1 aliphatic heterocycles. The molecule has 11 heteroatoms. The lowest BCUT2D eigenvalue weighted by Crippen LogP contribution is -2.43. The maximum absolute atomic E-state index is 13.0. The molecule has 1 amide bonds. The van der Waals surface area contributed by atoms with Crippen molar-refractivity contribution in [1.29, 1.82) is 0 Å². The van der Waals surface area contributed by atoms with E-state index in [2.05, 4.69) is 9.84 Å². The predicted molar refractivity (Wildman–Crippen MR) is 92.7 cm³/mol. The molecule has 150 valence electrons. The summed E-state index contributed by atoms with van der Waals surface area (Å²) in [6.07, 6.45) is -3.62. The Labute approximate surface area is 162 Å². The molecule has 0 fully saturated rings. The second-order valence-corrected chi connectivity index (χ2v) is 6.41.